The summed E-state index contributed by atoms with van der Waals surface area (Å²) in [5.41, 5.74) is 2.87. The Labute approximate surface area is 132 Å². The summed E-state index contributed by atoms with van der Waals surface area (Å²) in [6.45, 7) is 1.44. The van der Waals surface area contributed by atoms with E-state index in [2.05, 4.69) is 15.6 Å². The van der Waals surface area contributed by atoms with Crippen molar-refractivity contribution >= 4 is 15.9 Å². The van der Waals surface area contributed by atoms with Gasteiger partial charge in [-0.15, -0.1) is 10.2 Å². The van der Waals surface area contributed by atoms with Crippen LogP contribution >= 0.6 is 0 Å². The molecule has 0 unspecified atom stereocenters. The number of carbonyl (C=O) groups excluding carboxylic acids is 1. The van der Waals surface area contributed by atoms with Gasteiger partial charge in [0.1, 0.15) is 12.7 Å². The molecule has 0 radical (unpaired) electrons. The topological polar surface area (TPSA) is 106 Å². The number of morpholine rings is 1. The molecule has 0 bridgehead atoms. The Bertz CT molecular complexity index is 767. The number of amides is 1. The van der Waals surface area contributed by atoms with E-state index in [1.54, 1.807) is 0 Å². The third-order valence-electron chi connectivity index (χ3n) is 3.37. The molecule has 1 N–H and O–H groups in total. The van der Waals surface area contributed by atoms with Crippen LogP contribution in [0.4, 0.5) is 0 Å². The van der Waals surface area contributed by atoms with E-state index in [-0.39, 0.29) is 10.8 Å². The van der Waals surface area contributed by atoms with Crippen molar-refractivity contribution in [2.45, 2.75) is 4.90 Å². The van der Waals surface area contributed by atoms with Gasteiger partial charge in [-0.3, -0.25) is 10.2 Å². The lowest BCUT2D eigenvalue weighted by Crippen LogP contribution is -2.40. The highest BCUT2D eigenvalue weighted by atomic mass is 32.2. The number of hydrogen-bond acceptors (Lipinski definition) is 6. The molecule has 2 heterocycles. The minimum absolute atomic E-state index is 0.153. The predicted molar refractivity (Wildman–Crippen MR) is 79.7 cm³/mol. The van der Waals surface area contributed by atoms with Gasteiger partial charge >= 0.3 is 0 Å². The van der Waals surface area contributed by atoms with Gasteiger partial charge in [0, 0.05) is 18.7 Å². The minimum Gasteiger partial charge on any atom is -0.379 e. The number of sulfonamides is 1. The van der Waals surface area contributed by atoms with E-state index in [0.29, 0.717) is 31.9 Å². The molecular weight excluding hydrogens is 322 g/mol. The summed E-state index contributed by atoms with van der Waals surface area (Å²) in [6.07, 6.45) is 2.68. The van der Waals surface area contributed by atoms with Gasteiger partial charge in [-0.1, -0.05) is 0 Å². The van der Waals surface area contributed by atoms with Crippen LogP contribution in [-0.2, 0) is 14.8 Å². The number of nitrogens with zero attached hydrogens (tertiary/aromatic N) is 4. The van der Waals surface area contributed by atoms with Crippen LogP contribution in [0.15, 0.2) is 41.8 Å². The van der Waals surface area contributed by atoms with Crippen molar-refractivity contribution in [3.63, 3.8) is 0 Å². The Kier molecular flexibility index (Phi) is 4.37. The summed E-state index contributed by atoms with van der Waals surface area (Å²) in [7, 11) is -3.56. The van der Waals surface area contributed by atoms with Crippen molar-refractivity contribution < 1.29 is 17.9 Å². The standard InChI is InChI=1S/C13H15N5O4S/c19-13(16-17-9-14-15-10-17)11-1-3-12(4-2-11)23(20,21)18-5-7-22-8-6-18/h1-4,9-10H,5-8H2,(H,16,19). The Hall–Kier alpha value is -2.30. The summed E-state index contributed by atoms with van der Waals surface area (Å²) in [5.74, 6) is -0.389. The minimum atomic E-state index is -3.56. The highest BCUT2D eigenvalue weighted by Crippen LogP contribution is 2.17. The molecule has 122 valence electrons. The third-order valence-corrected chi connectivity index (χ3v) is 5.29. The van der Waals surface area contributed by atoms with E-state index in [0.717, 1.165) is 0 Å². The van der Waals surface area contributed by atoms with E-state index in [4.69, 9.17) is 4.74 Å². The number of nitrogens with one attached hydrogen (secondary N) is 1. The van der Waals surface area contributed by atoms with E-state index >= 15 is 0 Å². The molecular formula is C13H15N5O4S. The Morgan fingerprint density at radius 1 is 1.09 bits per heavy atom. The Balaban J connectivity index is 1.74. The van der Waals surface area contributed by atoms with Gasteiger partial charge in [-0.25, -0.2) is 13.1 Å². The average molecular weight is 337 g/mol. The van der Waals surface area contributed by atoms with Crippen LogP contribution in [0.5, 0.6) is 0 Å². The first kappa shape index (κ1) is 15.6. The summed E-state index contributed by atoms with van der Waals surface area (Å²) in [4.78, 5) is 12.2. The molecule has 0 atom stereocenters. The van der Waals surface area contributed by atoms with Crippen molar-refractivity contribution in [1.29, 1.82) is 0 Å². The van der Waals surface area contributed by atoms with Crippen LogP contribution in [0.25, 0.3) is 0 Å². The van der Waals surface area contributed by atoms with Gasteiger partial charge in [0.2, 0.25) is 10.0 Å². The molecule has 0 spiro atoms. The maximum absolute atomic E-state index is 12.5. The Morgan fingerprint density at radius 3 is 2.30 bits per heavy atom. The quantitative estimate of drug-likeness (QED) is 0.820. The molecule has 0 aliphatic carbocycles. The molecule has 1 amide bonds. The zero-order valence-electron chi connectivity index (χ0n) is 12.1. The summed E-state index contributed by atoms with van der Waals surface area (Å²) < 4.78 is 32.8. The monoisotopic (exact) mass is 337 g/mol. The van der Waals surface area contributed by atoms with Crippen LogP contribution in [-0.4, -0.2) is 59.8 Å². The normalized spacial score (nSPS) is 16.2. The first-order valence-corrected chi connectivity index (χ1v) is 8.35. The number of benzene rings is 1. The molecule has 0 saturated carbocycles. The van der Waals surface area contributed by atoms with E-state index < -0.39 is 10.0 Å². The fourth-order valence-corrected chi connectivity index (χ4v) is 3.56. The smallest absolute Gasteiger partial charge is 0.270 e. The number of aromatic nitrogens is 3. The first-order valence-electron chi connectivity index (χ1n) is 6.91. The zero-order chi connectivity index (χ0) is 16.3. The fraction of sp³-hybridized carbons (Fsp3) is 0.308. The van der Waals surface area contributed by atoms with Crippen molar-refractivity contribution in [2.24, 2.45) is 0 Å². The zero-order valence-corrected chi connectivity index (χ0v) is 12.9. The highest BCUT2D eigenvalue weighted by Gasteiger charge is 2.26. The average Bonchev–Trinajstić information content (AvgIpc) is 3.09. The number of ether oxygens (including phenoxy) is 1. The SMILES string of the molecule is O=C(Nn1cnnc1)c1ccc(S(=O)(=O)N2CCOCC2)cc1. The second-order valence-corrected chi connectivity index (χ2v) is 6.79. The van der Waals surface area contributed by atoms with Crippen molar-refractivity contribution in [1.82, 2.24) is 19.2 Å². The third kappa shape index (κ3) is 3.38. The lowest BCUT2D eigenvalue weighted by atomic mass is 10.2. The fourth-order valence-electron chi connectivity index (χ4n) is 2.15. The van der Waals surface area contributed by atoms with Gasteiger partial charge in [0.05, 0.1) is 18.1 Å². The first-order chi connectivity index (χ1) is 11.1. The van der Waals surface area contributed by atoms with E-state index in [1.165, 1.54) is 45.9 Å². The maximum atomic E-state index is 12.5. The number of rotatable bonds is 4. The van der Waals surface area contributed by atoms with Gasteiger partial charge in [-0.05, 0) is 24.3 Å². The van der Waals surface area contributed by atoms with Gasteiger partial charge in [0.15, 0.2) is 0 Å². The van der Waals surface area contributed by atoms with Crippen LogP contribution in [0.3, 0.4) is 0 Å². The molecule has 1 fully saturated rings. The second kappa shape index (κ2) is 6.44. The lowest BCUT2D eigenvalue weighted by molar-refractivity contribution is 0.0730. The molecule has 2 aromatic rings. The molecule has 10 heteroatoms. The Morgan fingerprint density at radius 2 is 1.70 bits per heavy atom. The molecule has 1 saturated heterocycles. The summed E-state index contributed by atoms with van der Waals surface area (Å²) in [5, 5.41) is 7.14. The van der Waals surface area contributed by atoms with Crippen LogP contribution in [0.2, 0.25) is 0 Å². The maximum Gasteiger partial charge on any atom is 0.270 e. The van der Waals surface area contributed by atoms with Gasteiger partial charge < -0.3 is 4.74 Å². The molecule has 23 heavy (non-hydrogen) atoms. The molecule has 1 aromatic heterocycles. The highest BCUT2D eigenvalue weighted by molar-refractivity contribution is 7.89. The largest absolute Gasteiger partial charge is 0.379 e. The summed E-state index contributed by atoms with van der Waals surface area (Å²) >= 11 is 0. The molecule has 1 aromatic carbocycles. The summed E-state index contributed by atoms with van der Waals surface area (Å²) in [6, 6.07) is 5.78. The van der Waals surface area contributed by atoms with Crippen molar-refractivity contribution in [3.8, 4) is 0 Å². The van der Waals surface area contributed by atoms with E-state index in [9.17, 15) is 13.2 Å². The van der Waals surface area contributed by atoms with Crippen LogP contribution in [0, 0.1) is 0 Å². The number of hydrogen-bond donors (Lipinski definition) is 1. The molecule has 9 nitrogen and oxygen atoms in total. The van der Waals surface area contributed by atoms with Crippen molar-refractivity contribution in [3.05, 3.63) is 42.5 Å². The number of carbonyl (C=O) groups is 1. The molecule has 1 aliphatic rings. The van der Waals surface area contributed by atoms with Gasteiger partial charge in [0.25, 0.3) is 5.91 Å². The van der Waals surface area contributed by atoms with E-state index in [1.807, 2.05) is 0 Å². The van der Waals surface area contributed by atoms with Crippen molar-refractivity contribution in [2.75, 3.05) is 31.7 Å². The molecule has 1 aliphatic heterocycles. The van der Waals surface area contributed by atoms with Crippen LogP contribution < -0.4 is 5.43 Å². The van der Waals surface area contributed by atoms with Gasteiger partial charge in [-0.2, -0.15) is 4.31 Å². The van der Waals surface area contributed by atoms with Crippen LogP contribution in [0.1, 0.15) is 10.4 Å². The molecule has 3 rings (SSSR count). The predicted octanol–water partition coefficient (Wildman–Crippen LogP) is -0.317. The lowest BCUT2D eigenvalue weighted by Gasteiger charge is -2.26. The second-order valence-electron chi connectivity index (χ2n) is 4.85.